The van der Waals surface area contributed by atoms with Crippen LogP contribution in [0.3, 0.4) is 0 Å². The first-order valence-electron chi connectivity index (χ1n) is 6.51. The van der Waals surface area contributed by atoms with Crippen molar-refractivity contribution >= 4 is 11.9 Å². The molecule has 0 atom stereocenters. The number of carbonyl (C=O) groups is 2. The summed E-state index contributed by atoms with van der Waals surface area (Å²) in [6, 6.07) is 1.58. The van der Waals surface area contributed by atoms with Crippen LogP contribution in [-0.2, 0) is 16.1 Å². The molecule has 1 aromatic heterocycles. The lowest BCUT2D eigenvalue weighted by molar-refractivity contribution is -0.141. The lowest BCUT2D eigenvalue weighted by atomic mass is 9.66. The maximum atomic E-state index is 11.8. The predicted molar refractivity (Wildman–Crippen MR) is 70.0 cm³/mol. The number of hydrogen-bond donors (Lipinski definition) is 2. The number of amides is 1. The zero-order valence-electron chi connectivity index (χ0n) is 11.0. The number of nitrogens with zero attached hydrogens (tertiary/aromatic N) is 2. The highest BCUT2D eigenvalue weighted by Gasteiger charge is 2.39. The molecule has 0 aliphatic heterocycles. The third-order valence-corrected chi connectivity index (χ3v) is 3.70. The SMILES string of the molecule is O=C(O)CC1(CNC(=O)Cn2cccnc2=O)CCC1. The number of carboxylic acids is 1. The van der Waals surface area contributed by atoms with Gasteiger partial charge in [-0.05, 0) is 24.3 Å². The lowest BCUT2D eigenvalue weighted by Gasteiger charge is -2.40. The largest absolute Gasteiger partial charge is 0.481 e. The lowest BCUT2D eigenvalue weighted by Crippen LogP contribution is -2.44. The summed E-state index contributed by atoms with van der Waals surface area (Å²) < 4.78 is 1.21. The Hall–Kier alpha value is -2.18. The second kappa shape index (κ2) is 5.85. The Labute approximate surface area is 115 Å². The quantitative estimate of drug-likeness (QED) is 0.763. The van der Waals surface area contributed by atoms with Crippen LogP contribution in [0.4, 0.5) is 0 Å². The summed E-state index contributed by atoms with van der Waals surface area (Å²) in [5.74, 6) is -1.15. The Morgan fingerprint density at radius 3 is 2.75 bits per heavy atom. The summed E-state index contributed by atoms with van der Waals surface area (Å²) in [5, 5.41) is 11.6. The van der Waals surface area contributed by atoms with E-state index < -0.39 is 11.7 Å². The number of carbonyl (C=O) groups excluding carboxylic acids is 1. The van der Waals surface area contributed by atoms with Gasteiger partial charge in [0.05, 0.1) is 6.42 Å². The topological polar surface area (TPSA) is 101 Å². The van der Waals surface area contributed by atoms with Crippen molar-refractivity contribution in [3.8, 4) is 0 Å². The van der Waals surface area contributed by atoms with Crippen LogP contribution in [0, 0.1) is 5.41 Å². The van der Waals surface area contributed by atoms with Crippen molar-refractivity contribution in [3.63, 3.8) is 0 Å². The Morgan fingerprint density at radius 1 is 1.45 bits per heavy atom. The maximum absolute atomic E-state index is 11.8. The van der Waals surface area contributed by atoms with Crippen LogP contribution >= 0.6 is 0 Å². The van der Waals surface area contributed by atoms with Gasteiger partial charge in [-0.3, -0.25) is 14.2 Å². The van der Waals surface area contributed by atoms with Crippen molar-refractivity contribution in [2.75, 3.05) is 6.54 Å². The van der Waals surface area contributed by atoms with Gasteiger partial charge in [0.1, 0.15) is 6.54 Å². The zero-order valence-corrected chi connectivity index (χ0v) is 11.0. The van der Waals surface area contributed by atoms with Crippen LogP contribution in [0.25, 0.3) is 0 Å². The number of carboxylic acid groups (broad SMARTS) is 1. The van der Waals surface area contributed by atoms with Gasteiger partial charge < -0.3 is 10.4 Å². The summed E-state index contributed by atoms with van der Waals surface area (Å²) in [5.41, 5.74) is -0.798. The van der Waals surface area contributed by atoms with E-state index in [0.29, 0.717) is 6.54 Å². The molecule has 1 aliphatic rings. The molecular weight excluding hydrogens is 262 g/mol. The van der Waals surface area contributed by atoms with E-state index in [1.54, 1.807) is 6.07 Å². The minimum absolute atomic E-state index is 0.0696. The minimum atomic E-state index is -0.845. The molecule has 1 fully saturated rings. The first-order chi connectivity index (χ1) is 9.51. The molecular formula is C13H17N3O4. The van der Waals surface area contributed by atoms with Crippen molar-refractivity contribution in [2.45, 2.75) is 32.2 Å². The normalized spacial score (nSPS) is 16.2. The third kappa shape index (κ3) is 3.43. The Morgan fingerprint density at radius 2 is 2.20 bits per heavy atom. The van der Waals surface area contributed by atoms with Crippen LogP contribution in [0.5, 0.6) is 0 Å². The van der Waals surface area contributed by atoms with E-state index in [2.05, 4.69) is 10.3 Å². The molecule has 1 aromatic rings. The molecule has 2 N–H and O–H groups in total. The molecule has 1 amide bonds. The molecule has 7 nitrogen and oxygen atoms in total. The molecule has 2 rings (SSSR count). The van der Waals surface area contributed by atoms with Crippen molar-refractivity contribution < 1.29 is 14.7 Å². The first-order valence-corrected chi connectivity index (χ1v) is 6.51. The molecule has 0 spiro atoms. The van der Waals surface area contributed by atoms with E-state index in [1.165, 1.54) is 17.0 Å². The number of aromatic nitrogens is 2. The van der Waals surface area contributed by atoms with E-state index >= 15 is 0 Å². The summed E-state index contributed by atoms with van der Waals surface area (Å²) in [7, 11) is 0. The summed E-state index contributed by atoms with van der Waals surface area (Å²) in [6.45, 7) is 0.239. The fourth-order valence-electron chi connectivity index (χ4n) is 2.42. The van der Waals surface area contributed by atoms with Gasteiger partial charge in [0.25, 0.3) is 0 Å². The molecule has 20 heavy (non-hydrogen) atoms. The van der Waals surface area contributed by atoms with Gasteiger partial charge in [0, 0.05) is 18.9 Å². The second-order valence-electron chi connectivity index (χ2n) is 5.23. The van der Waals surface area contributed by atoms with Crippen molar-refractivity contribution in [1.29, 1.82) is 0 Å². The van der Waals surface area contributed by atoms with Crippen LogP contribution in [0.1, 0.15) is 25.7 Å². The monoisotopic (exact) mass is 279 g/mol. The van der Waals surface area contributed by atoms with Crippen LogP contribution in [0.15, 0.2) is 23.3 Å². The van der Waals surface area contributed by atoms with E-state index in [0.717, 1.165) is 19.3 Å². The summed E-state index contributed by atoms with van der Waals surface area (Å²) in [4.78, 5) is 37.5. The summed E-state index contributed by atoms with van der Waals surface area (Å²) in [6.07, 6.45) is 5.54. The van der Waals surface area contributed by atoms with Crippen LogP contribution < -0.4 is 11.0 Å². The van der Waals surface area contributed by atoms with Gasteiger partial charge in [0.2, 0.25) is 5.91 Å². The van der Waals surface area contributed by atoms with Crippen molar-refractivity contribution in [2.24, 2.45) is 5.41 Å². The predicted octanol–water partition coefficient (Wildman–Crippen LogP) is 0.00450. The molecule has 1 heterocycles. The zero-order chi connectivity index (χ0) is 14.6. The smallest absolute Gasteiger partial charge is 0.347 e. The number of hydrogen-bond acceptors (Lipinski definition) is 4. The molecule has 0 unspecified atom stereocenters. The van der Waals surface area contributed by atoms with Crippen LogP contribution in [-0.4, -0.2) is 33.1 Å². The molecule has 0 radical (unpaired) electrons. The van der Waals surface area contributed by atoms with E-state index in [4.69, 9.17) is 5.11 Å². The number of nitrogens with one attached hydrogen (secondary N) is 1. The third-order valence-electron chi connectivity index (χ3n) is 3.70. The minimum Gasteiger partial charge on any atom is -0.481 e. The molecule has 1 aliphatic carbocycles. The molecule has 108 valence electrons. The van der Waals surface area contributed by atoms with E-state index in [-0.39, 0.29) is 24.3 Å². The average molecular weight is 279 g/mol. The Balaban J connectivity index is 1.88. The van der Waals surface area contributed by atoms with Crippen LogP contribution in [0.2, 0.25) is 0 Å². The molecule has 1 saturated carbocycles. The van der Waals surface area contributed by atoms with Crippen molar-refractivity contribution in [1.82, 2.24) is 14.9 Å². The van der Waals surface area contributed by atoms with Gasteiger partial charge in [-0.2, -0.15) is 0 Å². The standard InChI is InChI=1S/C13H17N3O4/c17-10(8-16-6-2-5-14-12(16)20)15-9-13(3-1-4-13)7-11(18)19/h2,5-6H,1,3-4,7-9H2,(H,15,17)(H,18,19). The Bertz CT molecular complexity index is 563. The van der Waals surface area contributed by atoms with Gasteiger partial charge in [-0.25, -0.2) is 9.78 Å². The molecule has 0 bridgehead atoms. The van der Waals surface area contributed by atoms with Crippen molar-refractivity contribution in [3.05, 3.63) is 28.9 Å². The fraction of sp³-hybridized carbons (Fsp3) is 0.538. The van der Waals surface area contributed by atoms with E-state index in [9.17, 15) is 14.4 Å². The van der Waals surface area contributed by atoms with Gasteiger partial charge >= 0.3 is 11.7 Å². The fourth-order valence-corrected chi connectivity index (χ4v) is 2.42. The number of rotatable bonds is 6. The molecule has 0 aromatic carbocycles. The average Bonchev–Trinajstić information content (AvgIpc) is 2.35. The highest BCUT2D eigenvalue weighted by Crippen LogP contribution is 2.43. The van der Waals surface area contributed by atoms with Gasteiger partial charge in [-0.15, -0.1) is 0 Å². The van der Waals surface area contributed by atoms with E-state index in [1.807, 2.05) is 0 Å². The highest BCUT2D eigenvalue weighted by molar-refractivity contribution is 5.76. The highest BCUT2D eigenvalue weighted by atomic mass is 16.4. The van der Waals surface area contributed by atoms with Gasteiger partial charge in [0.15, 0.2) is 0 Å². The number of aliphatic carboxylic acids is 1. The molecule has 7 heteroatoms. The Kier molecular flexibility index (Phi) is 4.16. The summed E-state index contributed by atoms with van der Waals surface area (Å²) >= 11 is 0. The first kappa shape index (κ1) is 14.2. The molecule has 0 saturated heterocycles. The second-order valence-corrected chi connectivity index (χ2v) is 5.23. The maximum Gasteiger partial charge on any atom is 0.347 e. The van der Waals surface area contributed by atoms with Gasteiger partial charge in [-0.1, -0.05) is 6.42 Å².